The van der Waals surface area contributed by atoms with E-state index >= 15 is 0 Å². The predicted molar refractivity (Wildman–Crippen MR) is 30.0 cm³/mol. The normalized spacial score (nSPS) is 64.6. The molecule has 0 aromatic carbocycles. The van der Waals surface area contributed by atoms with Crippen LogP contribution in [0.1, 0.15) is 20.3 Å². The summed E-state index contributed by atoms with van der Waals surface area (Å²) in [6.45, 7) is 8.54. The molecule has 0 nitrogen and oxygen atoms in total. The van der Waals surface area contributed by atoms with E-state index in [0.29, 0.717) is 10.8 Å². The molecule has 38 valence electrons. The van der Waals surface area contributed by atoms with Gasteiger partial charge in [-0.15, -0.1) is 0 Å². The monoisotopic (exact) mass is 94.1 g/mol. The lowest BCUT2D eigenvalue weighted by Gasteiger charge is -1.90. The fraction of sp³-hybridized carbons (Fsp3) is 0.714. The molecule has 0 bridgehead atoms. The van der Waals surface area contributed by atoms with Gasteiger partial charge in [0.25, 0.3) is 0 Å². The van der Waals surface area contributed by atoms with Crippen molar-refractivity contribution in [2.75, 3.05) is 0 Å². The summed E-state index contributed by atoms with van der Waals surface area (Å²) in [5.74, 6) is 0. The van der Waals surface area contributed by atoms with Gasteiger partial charge in [0.15, 0.2) is 0 Å². The smallest absolute Gasteiger partial charge is 0.00134 e. The summed E-state index contributed by atoms with van der Waals surface area (Å²) >= 11 is 0. The van der Waals surface area contributed by atoms with Crippen LogP contribution >= 0.6 is 0 Å². The molecule has 2 rings (SSSR count). The van der Waals surface area contributed by atoms with Gasteiger partial charge < -0.3 is 0 Å². The third-order valence-corrected chi connectivity index (χ3v) is 3.07. The first-order chi connectivity index (χ1) is 3.11. The van der Waals surface area contributed by atoms with Crippen LogP contribution in [0.2, 0.25) is 0 Å². The van der Waals surface area contributed by atoms with Crippen molar-refractivity contribution in [2.24, 2.45) is 10.8 Å². The molecule has 2 atom stereocenters. The minimum absolute atomic E-state index is 0.618. The second kappa shape index (κ2) is 0.521. The van der Waals surface area contributed by atoms with E-state index in [0.717, 1.165) is 0 Å². The number of allylic oxidation sites excluding steroid dienone is 1. The van der Waals surface area contributed by atoms with Crippen molar-refractivity contribution in [2.45, 2.75) is 20.3 Å². The summed E-state index contributed by atoms with van der Waals surface area (Å²) in [6.07, 6.45) is 1.40. The minimum Gasteiger partial charge on any atom is -0.0987 e. The van der Waals surface area contributed by atoms with Crippen molar-refractivity contribution in [3.63, 3.8) is 0 Å². The van der Waals surface area contributed by atoms with Crippen LogP contribution in [-0.4, -0.2) is 0 Å². The Morgan fingerprint density at radius 2 is 1.71 bits per heavy atom. The Bertz CT molecular complexity index is 141. The molecule has 2 unspecified atom stereocenters. The van der Waals surface area contributed by atoms with E-state index in [1.807, 2.05) is 0 Å². The molecule has 0 spiro atoms. The molecule has 0 radical (unpaired) electrons. The molecule has 7 heavy (non-hydrogen) atoms. The maximum Gasteiger partial charge on any atom is -0.00134 e. The number of fused-ring (bicyclic) bond motifs is 1. The van der Waals surface area contributed by atoms with Crippen molar-refractivity contribution in [3.05, 3.63) is 12.2 Å². The third-order valence-electron chi connectivity index (χ3n) is 3.07. The van der Waals surface area contributed by atoms with Crippen LogP contribution in [0.15, 0.2) is 12.2 Å². The minimum atomic E-state index is 0.618. The number of hydrogen-bond acceptors (Lipinski definition) is 0. The van der Waals surface area contributed by atoms with Crippen LogP contribution in [0.4, 0.5) is 0 Å². The van der Waals surface area contributed by atoms with Gasteiger partial charge in [-0.2, -0.15) is 0 Å². The zero-order valence-electron chi connectivity index (χ0n) is 4.91. The average Bonchev–Trinajstić information content (AvgIpc) is 2.24. The maximum absolute atomic E-state index is 3.94. The first kappa shape index (κ1) is 3.71. The van der Waals surface area contributed by atoms with Crippen molar-refractivity contribution >= 4 is 0 Å². The topological polar surface area (TPSA) is 0 Å². The largest absolute Gasteiger partial charge is 0.0987 e. The van der Waals surface area contributed by atoms with E-state index in [2.05, 4.69) is 20.4 Å². The Morgan fingerprint density at radius 3 is 1.71 bits per heavy atom. The highest BCUT2D eigenvalue weighted by Crippen LogP contribution is 2.88. The zero-order chi connectivity index (χ0) is 5.28. The quantitative estimate of drug-likeness (QED) is 0.402. The Balaban J connectivity index is 2.45. The molecule has 0 amide bonds. The second-order valence-corrected chi connectivity index (χ2v) is 3.32. The van der Waals surface area contributed by atoms with Crippen LogP contribution in [0.5, 0.6) is 0 Å². The maximum atomic E-state index is 3.94. The fourth-order valence-corrected chi connectivity index (χ4v) is 1.69. The van der Waals surface area contributed by atoms with E-state index < -0.39 is 0 Å². The summed E-state index contributed by atoms with van der Waals surface area (Å²) in [7, 11) is 0. The lowest BCUT2D eigenvalue weighted by atomic mass is 10.1. The first-order valence-electron chi connectivity index (χ1n) is 2.81. The van der Waals surface area contributed by atoms with Crippen LogP contribution in [0, 0.1) is 10.8 Å². The highest BCUT2D eigenvalue weighted by atomic mass is 14.8. The van der Waals surface area contributed by atoms with E-state index in [4.69, 9.17) is 0 Å². The molecule has 0 aromatic rings. The summed E-state index contributed by atoms with van der Waals surface area (Å²) in [5, 5.41) is 0. The average molecular weight is 94.2 g/mol. The van der Waals surface area contributed by atoms with Gasteiger partial charge in [0.1, 0.15) is 0 Å². The van der Waals surface area contributed by atoms with E-state index in [-0.39, 0.29) is 0 Å². The molecule has 2 fully saturated rings. The summed E-state index contributed by atoms with van der Waals surface area (Å²) in [6, 6.07) is 0. The Labute approximate surface area is 44.2 Å². The lowest BCUT2D eigenvalue weighted by Crippen LogP contribution is -1.77. The molecule has 0 saturated heterocycles. The summed E-state index contributed by atoms with van der Waals surface area (Å²) in [4.78, 5) is 0. The molecule has 0 heterocycles. The fourth-order valence-electron chi connectivity index (χ4n) is 1.69. The Kier molecular flexibility index (Phi) is 0.276. The SMILES string of the molecule is C=C1C2(C)CC12C. The molecule has 2 aliphatic rings. The molecule has 0 heteroatoms. The van der Waals surface area contributed by atoms with Gasteiger partial charge in [-0.05, 0) is 17.3 Å². The van der Waals surface area contributed by atoms with Gasteiger partial charge in [0.05, 0.1) is 0 Å². The van der Waals surface area contributed by atoms with E-state index in [1.54, 1.807) is 0 Å². The molecule has 0 N–H and O–H groups in total. The van der Waals surface area contributed by atoms with Crippen LogP contribution in [0.3, 0.4) is 0 Å². The van der Waals surface area contributed by atoms with Crippen LogP contribution in [0.25, 0.3) is 0 Å². The van der Waals surface area contributed by atoms with Crippen molar-refractivity contribution < 1.29 is 0 Å². The van der Waals surface area contributed by atoms with Gasteiger partial charge in [0, 0.05) is 0 Å². The van der Waals surface area contributed by atoms with Crippen LogP contribution < -0.4 is 0 Å². The molecule has 0 aromatic heterocycles. The molecular weight excluding hydrogens is 84.1 g/mol. The molecule has 2 aliphatic carbocycles. The van der Waals surface area contributed by atoms with Crippen molar-refractivity contribution in [1.29, 1.82) is 0 Å². The second-order valence-electron chi connectivity index (χ2n) is 3.32. The first-order valence-corrected chi connectivity index (χ1v) is 2.81. The zero-order valence-corrected chi connectivity index (χ0v) is 4.91. The number of rotatable bonds is 0. The standard InChI is InChI=1S/C7H10/c1-5-6(2)4-7(5,6)3/h1,4H2,2-3H3. The Hall–Kier alpha value is -0.260. The van der Waals surface area contributed by atoms with Crippen molar-refractivity contribution in [1.82, 2.24) is 0 Å². The third kappa shape index (κ3) is 0.155. The van der Waals surface area contributed by atoms with Gasteiger partial charge in [0.2, 0.25) is 0 Å². The van der Waals surface area contributed by atoms with Gasteiger partial charge in [-0.25, -0.2) is 0 Å². The van der Waals surface area contributed by atoms with Gasteiger partial charge in [-0.1, -0.05) is 26.0 Å². The van der Waals surface area contributed by atoms with E-state index in [9.17, 15) is 0 Å². The van der Waals surface area contributed by atoms with Crippen LogP contribution in [-0.2, 0) is 0 Å². The van der Waals surface area contributed by atoms with E-state index in [1.165, 1.54) is 12.0 Å². The van der Waals surface area contributed by atoms with Gasteiger partial charge in [-0.3, -0.25) is 0 Å². The summed E-state index contributed by atoms with van der Waals surface area (Å²) < 4.78 is 0. The molecular formula is C7H10. The number of hydrogen-bond donors (Lipinski definition) is 0. The Morgan fingerprint density at radius 1 is 1.43 bits per heavy atom. The highest BCUT2D eigenvalue weighted by molar-refractivity contribution is 5.54. The lowest BCUT2D eigenvalue weighted by molar-refractivity contribution is 0.834. The van der Waals surface area contributed by atoms with Crippen molar-refractivity contribution in [3.8, 4) is 0 Å². The molecule has 0 aliphatic heterocycles. The summed E-state index contributed by atoms with van der Waals surface area (Å²) in [5.41, 5.74) is 2.72. The molecule has 2 saturated carbocycles. The predicted octanol–water partition coefficient (Wildman–Crippen LogP) is 1.97. The van der Waals surface area contributed by atoms with Gasteiger partial charge >= 0.3 is 0 Å². The highest BCUT2D eigenvalue weighted by Gasteiger charge is 2.80.